The van der Waals surface area contributed by atoms with E-state index in [-0.39, 0.29) is 29.0 Å². The molecule has 3 rings (SSSR count). The first-order valence-corrected chi connectivity index (χ1v) is 11.1. The van der Waals surface area contributed by atoms with Crippen molar-refractivity contribution >= 4 is 27.5 Å². The van der Waals surface area contributed by atoms with Gasteiger partial charge >= 0.3 is 0 Å². The molecule has 1 N–H and O–H groups in total. The van der Waals surface area contributed by atoms with Gasteiger partial charge < -0.3 is 15.0 Å². The fraction of sp³-hybridized carbons (Fsp3) is 0.579. The van der Waals surface area contributed by atoms with E-state index in [9.17, 15) is 18.0 Å². The Morgan fingerprint density at radius 2 is 1.89 bits per heavy atom. The topological polar surface area (TPSA) is 96.0 Å². The Hall–Kier alpha value is -1.97. The number of hydrogen-bond acceptors (Lipinski definition) is 5. The molecule has 1 atom stereocenters. The minimum atomic E-state index is -3.56. The lowest BCUT2D eigenvalue weighted by Gasteiger charge is -2.26. The van der Waals surface area contributed by atoms with Crippen LogP contribution in [0, 0.1) is 5.92 Å². The minimum absolute atomic E-state index is 0.0144. The van der Waals surface area contributed by atoms with Gasteiger partial charge in [-0.05, 0) is 30.7 Å². The molecule has 0 saturated carbocycles. The summed E-state index contributed by atoms with van der Waals surface area (Å²) in [6, 6.07) is 6.15. The van der Waals surface area contributed by atoms with Crippen molar-refractivity contribution < 1.29 is 22.7 Å². The highest BCUT2D eigenvalue weighted by molar-refractivity contribution is 7.89. The van der Waals surface area contributed by atoms with Crippen LogP contribution < -0.4 is 5.32 Å². The van der Waals surface area contributed by atoms with E-state index in [4.69, 9.17) is 4.74 Å². The number of benzene rings is 1. The van der Waals surface area contributed by atoms with Gasteiger partial charge in [-0.25, -0.2) is 8.42 Å². The fourth-order valence-corrected chi connectivity index (χ4v) is 4.81. The molecule has 0 spiro atoms. The van der Waals surface area contributed by atoms with Crippen molar-refractivity contribution in [1.29, 1.82) is 0 Å². The van der Waals surface area contributed by atoms with Crippen molar-refractivity contribution in [3.05, 3.63) is 24.3 Å². The number of carbonyl (C=O) groups is 2. The first-order valence-electron chi connectivity index (χ1n) is 9.68. The van der Waals surface area contributed by atoms with Gasteiger partial charge in [0.2, 0.25) is 21.8 Å². The van der Waals surface area contributed by atoms with Crippen LogP contribution in [0.2, 0.25) is 0 Å². The van der Waals surface area contributed by atoms with Gasteiger partial charge in [-0.3, -0.25) is 9.59 Å². The number of nitrogens with one attached hydrogen (secondary N) is 1. The summed E-state index contributed by atoms with van der Waals surface area (Å²) >= 11 is 0. The van der Waals surface area contributed by atoms with Crippen molar-refractivity contribution in [1.82, 2.24) is 9.21 Å². The Kier molecular flexibility index (Phi) is 6.69. The zero-order valence-electron chi connectivity index (χ0n) is 16.1. The Balaban J connectivity index is 1.60. The molecule has 1 aromatic rings. The number of morpholine rings is 1. The van der Waals surface area contributed by atoms with E-state index in [2.05, 4.69) is 12.2 Å². The van der Waals surface area contributed by atoms with E-state index in [1.165, 1.54) is 16.4 Å². The average molecular weight is 410 g/mol. The number of unbranched alkanes of at least 4 members (excludes halogenated alkanes) is 1. The van der Waals surface area contributed by atoms with Crippen LogP contribution >= 0.6 is 0 Å². The van der Waals surface area contributed by atoms with Gasteiger partial charge in [0, 0.05) is 38.3 Å². The molecule has 2 aliphatic rings. The molecule has 154 valence electrons. The van der Waals surface area contributed by atoms with Crippen LogP contribution in [0.3, 0.4) is 0 Å². The second-order valence-electron chi connectivity index (χ2n) is 7.12. The maximum atomic E-state index is 12.6. The molecule has 8 nitrogen and oxygen atoms in total. The number of sulfonamides is 1. The van der Waals surface area contributed by atoms with E-state index in [1.807, 2.05) is 0 Å². The third kappa shape index (κ3) is 4.71. The second kappa shape index (κ2) is 9.02. The third-order valence-corrected chi connectivity index (χ3v) is 7.01. The Bertz CT molecular complexity index is 803. The average Bonchev–Trinajstić information content (AvgIpc) is 3.08. The molecule has 2 aliphatic heterocycles. The van der Waals surface area contributed by atoms with Crippen molar-refractivity contribution in [2.45, 2.75) is 31.1 Å². The first-order chi connectivity index (χ1) is 13.4. The summed E-state index contributed by atoms with van der Waals surface area (Å²) in [5.41, 5.74) is 0.519. The predicted molar refractivity (Wildman–Crippen MR) is 104 cm³/mol. The maximum Gasteiger partial charge on any atom is 0.243 e. The molecule has 28 heavy (non-hydrogen) atoms. The molecule has 9 heteroatoms. The van der Waals surface area contributed by atoms with Crippen LogP contribution in [0.15, 0.2) is 29.2 Å². The van der Waals surface area contributed by atoms with E-state index in [1.54, 1.807) is 17.0 Å². The number of ether oxygens (including phenoxy) is 1. The van der Waals surface area contributed by atoms with Gasteiger partial charge in [-0.1, -0.05) is 13.3 Å². The minimum Gasteiger partial charge on any atom is -0.379 e. The number of carbonyl (C=O) groups excluding carboxylic acids is 2. The van der Waals surface area contributed by atoms with Crippen LogP contribution in [0.25, 0.3) is 0 Å². The zero-order valence-corrected chi connectivity index (χ0v) is 16.9. The SMILES string of the molecule is CCCCN1C[C@@H](C(=O)Nc2ccc(S(=O)(=O)N3CCOCC3)cc2)CC1=O. The quantitative estimate of drug-likeness (QED) is 0.732. The standard InChI is InChI=1S/C19H27N3O5S/c1-2-3-8-21-14-15(13-18(21)23)19(24)20-16-4-6-17(7-5-16)28(25,26)22-9-11-27-12-10-22/h4-7,15H,2-3,8-14H2,1H3,(H,20,24)/t15-/m0/s1. The molecule has 2 fully saturated rings. The summed E-state index contributed by atoms with van der Waals surface area (Å²) in [5, 5.41) is 2.79. The first kappa shape index (κ1) is 20.8. The molecule has 0 aromatic heterocycles. The molecule has 2 saturated heterocycles. The van der Waals surface area contributed by atoms with Gasteiger partial charge in [0.1, 0.15) is 0 Å². The van der Waals surface area contributed by atoms with Crippen LogP contribution in [0.5, 0.6) is 0 Å². The second-order valence-corrected chi connectivity index (χ2v) is 9.06. The van der Waals surface area contributed by atoms with Crippen LogP contribution in [-0.2, 0) is 24.3 Å². The number of nitrogens with zero attached hydrogens (tertiary/aromatic N) is 2. The van der Waals surface area contributed by atoms with Crippen molar-refractivity contribution in [2.24, 2.45) is 5.92 Å². The summed E-state index contributed by atoms with van der Waals surface area (Å²) in [5.74, 6) is -0.571. The Morgan fingerprint density at radius 3 is 2.54 bits per heavy atom. The van der Waals surface area contributed by atoms with Gasteiger partial charge in [-0.15, -0.1) is 0 Å². The van der Waals surface area contributed by atoms with Gasteiger partial charge in [0.15, 0.2) is 0 Å². The van der Waals surface area contributed by atoms with Crippen LogP contribution in [0.4, 0.5) is 5.69 Å². The van der Waals surface area contributed by atoms with Crippen molar-refractivity contribution in [3.8, 4) is 0 Å². The number of likely N-dealkylation sites (tertiary alicyclic amines) is 1. The van der Waals surface area contributed by atoms with E-state index in [0.717, 1.165) is 12.8 Å². The lowest BCUT2D eigenvalue weighted by molar-refractivity contribution is -0.128. The fourth-order valence-electron chi connectivity index (χ4n) is 3.40. The number of anilines is 1. The Labute approximate surface area is 165 Å². The van der Waals surface area contributed by atoms with Crippen molar-refractivity contribution in [3.63, 3.8) is 0 Å². The van der Waals surface area contributed by atoms with Gasteiger partial charge in [0.05, 0.1) is 24.0 Å². The van der Waals surface area contributed by atoms with E-state index < -0.39 is 10.0 Å². The van der Waals surface area contributed by atoms with Crippen LogP contribution in [-0.4, -0.2) is 68.8 Å². The highest BCUT2D eigenvalue weighted by Crippen LogP contribution is 2.22. The zero-order chi connectivity index (χ0) is 20.1. The smallest absolute Gasteiger partial charge is 0.243 e. The van der Waals surface area contributed by atoms with Gasteiger partial charge in [-0.2, -0.15) is 4.31 Å². The molecule has 0 aliphatic carbocycles. The highest BCUT2D eigenvalue weighted by Gasteiger charge is 2.34. The largest absolute Gasteiger partial charge is 0.379 e. The number of amides is 2. The summed E-state index contributed by atoms with van der Waals surface area (Å²) in [6.07, 6.45) is 2.15. The Morgan fingerprint density at radius 1 is 1.21 bits per heavy atom. The van der Waals surface area contributed by atoms with E-state index >= 15 is 0 Å². The van der Waals surface area contributed by atoms with Gasteiger partial charge in [0.25, 0.3) is 0 Å². The summed E-state index contributed by atoms with van der Waals surface area (Å²) in [4.78, 5) is 26.4. The molecule has 2 amide bonds. The molecule has 0 radical (unpaired) electrons. The maximum absolute atomic E-state index is 12.6. The molecular formula is C19H27N3O5S. The summed E-state index contributed by atoms with van der Waals surface area (Å²) in [7, 11) is -3.56. The number of hydrogen-bond donors (Lipinski definition) is 1. The normalized spacial score (nSPS) is 21.1. The van der Waals surface area contributed by atoms with Crippen molar-refractivity contribution in [2.75, 3.05) is 44.7 Å². The summed E-state index contributed by atoms with van der Waals surface area (Å²) < 4.78 is 31.9. The molecular weight excluding hydrogens is 382 g/mol. The molecule has 0 unspecified atom stereocenters. The predicted octanol–water partition coefficient (Wildman–Crippen LogP) is 1.29. The van der Waals surface area contributed by atoms with Crippen LogP contribution in [0.1, 0.15) is 26.2 Å². The molecule has 1 aromatic carbocycles. The monoisotopic (exact) mass is 409 g/mol. The third-order valence-electron chi connectivity index (χ3n) is 5.10. The lowest BCUT2D eigenvalue weighted by atomic mass is 10.1. The molecule has 0 bridgehead atoms. The highest BCUT2D eigenvalue weighted by atomic mass is 32.2. The molecule has 2 heterocycles. The summed E-state index contributed by atoms with van der Waals surface area (Å²) in [6.45, 7) is 4.65. The lowest BCUT2D eigenvalue weighted by Crippen LogP contribution is -2.40. The number of rotatable bonds is 7. The van der Waals surface area contributed by atoms with E-state index in [0.29, 0.717) is 45.1 Å².